The number of rotatable bonds is 7. The van der Waals surface area contributed by atoms with Crippen molar-refractivity contribution in [2.45, 2.75) is 38.2 Å². The molecule has 0 saturated heterocycles. The SMILES string of the molecule is COCC(O)CCNC(=O)CC1CCC1. The van der Waals surface area contributed by atoms with Crippen molar-refractivity contribution in [2.75, 3.05) is 20.3 Å². The summed E-state index contributed by atoms with van der Waals surface area (Å²) in [6.45, 7) is 0.870. The van der Waals surface area contributed by atoms with Crippen LogP contribution in [0.2, 0.25) is 0 Å². The maximum atomic E-state index is 11.4. The Labute approximate surface area is 91.0 Å². The van der Waals surface area contributed by atoms with E-state index in [9.17, 15) is 9.90 Å². The summed E-state index contributed by atoms with van der Waals surface area (Å²) >= 11 is 0. The molecule has 0 aliphatic heterocycles. The van der Waals surface area contributed by atoms with Gasteiger partial charge in [-0.1, -0.05) is 6.42 Å². The van der Waals surface area contributed by atoms with E-state index in [1.807, 2.05) is 0 Å². The van der Waals surface area contributed by atoms with Crippen LogP contribution in [0.3, 0.4) is 0 Å². The Morgan fingerprint density at radius 3 is 2.87 bits per heavy atom. The first-order chi connectivity index (χ1) is 7.22. The maximum Gasteiger partial charge on any atom is 0.220 e. The van der Waals surface area contributed by atoms with E-state index in [4.69, 9.17) is 4.74 Å². The van der Waals surface area contributed by atoms with Crippen LogP contribution >= 0.6 is 0 Å². The van der Waals surface area contributed by atoms with Gasteiger partial charge >= 0.3 is 0 Å². The smallest absolute Gasteiger partial charge is 0.220 e. The van der Waals surface area contributed by atoms with E-state index in [1.54, 1.807) is 7.11 Å². The van der Waals surface area contributed by atoms with Crippen LogP contribution in [0.4, 0.5) is 0 Å². The lowest BCUT2D eigenvalue weighted by atomic mass is 9.83. The van der Waals surface area contributed by atoms with Gasteiger partial charge < -0.3 is 15.2 Å². The van der Waals surface area contributed by atoms with E-state index in [0.29, 0.717) is 31.9 Å². The van der Waals surface area contributed by atoms with Crippen molar-refractivity contribution in [3.05, 3.63) is 0 Å². The van der Waals surface area contributed by atoms with Crippen molar-refractivity contribution >= 4 is 5.91 Å². The molecule has 4 heteroatoms. The zero-order chi connectivity index (χ0) is 11.1. The molecule has 0 aromatic heterocycles. The third kappa shape index (κ3) is 5.14. The number of nitrogens with one attached hydrogen (secondary N) is 1. The van der Waals surface area contributed by atoms with Crippen LogP contribution in [0.15, 0.2) is 0 Å². The third-order valence-corrected chi connectivity index (χ3v) is 2.86. The molecule has 0 heterocycles. The van der Waals surface area contributed by atoms with Gasteiger partial charge in [-0.25, -0.2) is 0 Å². The highest BCUT2D eigenvalue weighted by atomic mass is 16.5. The summed E-state index contributed by atoms with van der Waals surface area (Å²) in [6.07, 6.45) is 4.40. The van der Waals surface area contributed by atoms with Crippen molar-refractivity contribution in [2.24, 2.45) is 5.92 Å². The van der Waals surface area contributed by atoms with E-state index < -0.39 is 6.10 Å². The lowest BCUT2D eigenvalue weighted by Crippen LogP contribution is -2.30. The number of aliphatic hydroxyl groups is 1. The van der Waals surface area contributed by atoms with Crippen LogP contribution in [0, 0.1) is 5.92 Å². The quantitative estimate of drug-likeness (QED) is 0.657. The third-order valence-electron chi connectivity index (χ3n) is 2.86. The highest BCUT2D eigenvalue weighted by Crippen LogP contribution is 2.28. The molecule has 1 rings (SSSR count). The minimum Gasteiger partial charge on any atom is -0.391 e. The minimum atomic E-state index is -0.473. The van der Waals surface area contributed by atoms with Gasteiger partial charge in [0, 0.05) is 20.1 Å². The molecule has 1 aliphatic rings. The Morgan fingerprint density at radius 1 is 1.60 bits per heavy atom. The van der Waals surface area contributed by atoms with Gasteiger partial charge in [-0.05, 0) is 25.2 Å². The van der Waals surface area contributed by atoms with Gasteiger partial charge in [0.25, 0.3) is 0 Å². The second kappa shape index (κ2) is 6.80. The molecule has 0 aromatic carbocycles. The molecule has 1 aliphatic carbocycles. The van der Waals surface area contributed by atoms with Crippen LogP contribution in [0.5, 0.6) is 0 Å². The van der Waals surface area contributed by atoms with Gasteiger partial charge in [0.05, 0.1) is 12.7 Å². The number of methoxy groups -OCH3 is 1. The van der Waals surface area contributed by atoms with Gasteiger partial charge in [-0.3, -0.25) is 4.79 Å². The van der Waals surface area contributed by atoms with E-state index in [2.05, 4.69) is 5.32 Å². The largest absolute Gasteiger partial charge is 0.391 e. The molecule has 1 unspecified atom stereocenters. The maximum absolute atomic E-state index is 11.4. The first kappa shape index (κ1) is 12.5. The van der Waals surface area contributed by atoms with Crippen LogP contribution in [0.25, 0.3) is 0 Å². The van der Waals surface area contributed by atoms with Crippen molar-refractivity contribution < 1.29 is 14.6 Å². The number of aliphatic hydroxyl groups excluding tert-OH is 1. The van der Waals surface area contributed by atoms with E-state index in [1.165, 1.54) is 19.3 Å². The summed E-state index contributed by atoms with van der Waals surface area (Å²) in [6, 6.07) is 0. The predicted molar refractivity (Wildman–Crippen MR) is 57.5 cm³/mol. The average Bonchev–Trinajstić information content (AvgIpc) is 2.12. The summed E-state index contributed by atoms with van der Waals surface area (Å²) < 4.78 is 4.79. The zero-order valence-corrected chi connectivity index (χ0v) is 9.37. The standard InChI is InChI=1S/C11H21NO3/c1-15-8-10(13)5-6-12-11(14)7-9-3-2-4-9/h9-10,13H,2-8H2,1H3,(H,12,14). The Morgan fingerprint density at radius 2 is 2.33 bits per heavy atom. The van der Waals surface area contributed by atoms with Gasteiger partial charge in [0.15, 0.2) is 0 Å². The van der Waals surface area contributed by atoms with Gasteiger partial charge in [-0.2, -0.15) is 0 Å². The van der Waals surface area contributed by atoms with Crippen molar-refractivity contribution in [1.82, 2.24) is 5.32 Å². The molecular formula is C11H21NO3. The molecule has 88 valence electrons. The Balaban J connectivity index is 1.96. The number of hydrogen-bond acceptors (Lipinski definition) is 3. The summed E-state index contributed by atoms with van der Waals surface area (Å²) in [5.74, 6) is 0.721. The monoisotopic (exact) mass is 215 g/mol. The second-order valence-electron chi connectivity index (χ2n) is 4.25. The highest BCUT2D eigenvalue weighted by molar-refractivity contribution is 5.76. The zero-order valence-electron chi connectivity index (χ0n) is 9.37. The molecule has 1 amide bonds. The lowest BCUT2D eigenvalue weighted by molar-refractivity contribution is -0.122. The number of carbonyl (C=O) groups is 1. The Bertz CT molecular complexity index is 192. The van der Waals surface area contributed by atoms with Crippen LogP contribution < -0.4 is 5.32 Å². The molecule has 1 saturated carbocycles. The van der Waals surface area contributed by atoms with Crippen LogP contribution in [-0.2, 0) is 9.53 Å². The van der Waals surface area contributed by atoms with Crippen LogP contribution in [0.1, 0.15) is 32.1 Å². The molecule has 15 heavy (non-hydrogen) atoms. The summed E-state index contributed by atoms with van der Waals surface area (Å²) in [5.41, 5.74) is 0. The molecule has 0 radical (unpaired) electrons. The van der Waals surface area contributed by atoms with Crippen molar-refractivity contribution in [3.63, 3.8) is 0 Å². The van der Waals surface area contributed by atoms with Crippen LogP contribution in [-0.4, -0.2) is 37.4 Å². The van der Waals surface area contributed by atoms with Crippen molar-refractivity contribution in [3.8, 4) is 0 Å². The fourth-order valence-corrected chi connectivity index (χ4v) is 1.69. The first-order valence-corrected chi connectivity index (χ1v) is 5.66. The fraction of sp³-hybridized carbons (Fsp3) is 0.909. The molecule has 4 nitrogen and oxygen atoms in total. The minimum absolute atomic E-state index is 0.115. The number of carbonyl (C=O) groups excluding carboxylic acids is 1. The van der Waals surface area contributed by atoms with Gasteiger partial charge in [-0.15, -0.1) is 0 Å². The summed E-state index contributed by atoms with van der Waals surface area (Å²) in [4.78, 5) is 11.4. The summed E-state index contributed by atoms with van der Waals surface area (Å²) in [5, 5.41) is 12.1. The molecule has 0 aromatic rings. The van der Waals surface area contributed by atoms with E-state index >= 15 is 0 Å². The van der Waals surface area contributed by atoms with E-state index in [-0.39, 0.29) is 5.91 Å². The fourth-order valence-electron chi connectivity index (χ4n) is 1.69. The lowest BCUT2D eigenvalue weighted by Gasteiger charge is -2.24. The molecule has 0 bridgehead atoms. The highest BCUT2D eigenvalue weighted by Gasteiger charge is 2.20. The second-order valence-corrected chi connectivity index (χ2v) is 4.25. The number of ether oxygens (including phenoxy) is 1. The molecule has 1 fully saturated rings. The molecule has 2 N–H and O–H groups in total. The number of hydrogen-bond donors (Lipinski definition) is 2. The van der Waals surface area contributed by atoms with E-state index in [0.717, 1.165) is 0 Å². The molecule has 1 atom stereocenters. The Hall–Kier alpha value is -0.610. The summed E-state index contributed by atoms with van der Waals surface area (Å²) in [7, 11) is 1.55. The van der Waals surface area contributed by atoms with Gasteiger partial charge in [0.2, 0.25) is 5.91 Å². The first-order valence-electron chi connectivity index (χ1n) is 5.66. The molecule has 0 spiro atoms. The topological polar surface area (TPSA) is 58.6 Å². The van der Waals surface area contributed by atoms with Crippen molar-refractivity contribution in [1.29, 1.82) is 0 Å². The predicted octanol–water partition coefficient (Wildman–Crippen LogP) is 0.690. The normalized spacial score (nSPS) is 18.3. The average molecular weight is 215 g/mol. The number of amides is 1. The molecular weight excluding hydrogens is 194 g/mol. The Kier molecular flexibility index (Phi) is 5.65. The van der Waals surface area contributed by atoms with Gasteiger partial charge in [0.1, 0.15) is 0 Å².